The highest BCUT2D eigenvalue weighted by Gasteiger charge is 2.36. The maximum Gasteiger partial charge on any atom is 0.322 e. The largest absolute Gasteiger partial charge is 0.497 e. The number of nitrogens with one attached hydrogen (secondary N) is 1. The molecular formula is C20H16N4O6. The van der Waals surface area contributed by atoms with Crippen molar-refractivity contribution < 1.29 is 28.3 Å². The molecule has 152 valence electrons. The maximum absolute atomic E-state index is 12.4. The van der Waals surface area contributed by atoms with E-state index in [1.807, 2.05) is 0 Å². The highest BCUT2D eigenvalue weighted by atomic mass is 16.5. The molecule has 0 saturated heterocycles. The average Bonchev–Trinajstić information content (AvgIpc) is 3.32. The smallest absolute Gasteiger partial charge is 0.322 e. The van der Waals surface area contributed by atoms with Crippen LogP contribution in [0.15, 0.2) is 46.9 Å². The van der Waals surface area contributed by atoms with Gasteiger partial charge in [-0.15, -0.1) is 5.10 Å². The summed E-state index contributed by atoms with van der Waals surface area (Å²) in [6.07, 6.45) is 0. The van der Waals surface area contributed by atoms with Gasteiger partial charge < -0.3 is 13.9 Å². The van der Waals surface area contributed by atoms with Gasteiger partial charge in [0.05, 0.1) is 25.3 Å². The third kappa shape index (κ3) is 3.46. The second kappa shape index (κ2) is 7.66. The van der Waals surface area contributed by atoms with Gasteiger partial charge in [-0.1, -0.05) is 17.2 Å². The molecule has 2 aromatic carbocycles. The normalized spacial score (nSPS) is 12.7. The first-order chi connectivity index (χ1) is 14.5. The van der Waals surface area contributed by atoms with Gasteiger partial charge in [-0.25, -0.2) is 0 Å². The number of hydrogen-bond acceptors (Lipinski definition) is 8. The molecule has 0 unspecified atom stereocenters. The summed E-state index contributed by atoms with van der Waals surface area (Å²) in [5.74, 6) is -0.524. The number of imide groups is 1. The van der Waals surface area contributed by atoms with E-state index in [1.54, 1.807) is 42.5 Å². The Morgan fingerprint density at radius 2 is 1.60 bits per heavy atom. The zero-order valence-corrected chi connectivity index (χ0v) is 16.0. The summed E-state index contributed by atoms with van der Waals surface area (Å²) in [6, 6.07) is 11.2. The summed E-state index contributed by atoms with van der Waals surface area (Å²) in [5, 5.41) is 10.1. The summed E-state index contributed by atoms with van der Waals surface area (Å²) in [4.78, 5) is 37.9. The van der Waals surface area contributed by atoms with E-state index in [-0.39, 0.29) is 23.0 Å². The lowest BCUT2D eigenvalue weighted by Crippen LogP contribution is -2.37. The lowest BCUT2D eigenvalue weighted by atomic mass is 10.1. The number of fused-ring (bicyclic) bond motifs is 1. The van der Waals surface area contributed by atoms with E-state index in [0.717, 1.165) is 4.90 Å². The van der Waals surface area contributed by atoms with Crippen molar-refractivity contribution in [1.29, 1.82) is 0 Å². The molecule has 0 atom stereocenters. The SMILES string of the molecule is COc1cc(OC)cc(-c2nnc(NC(=O)CN3C(=O)c4ccccc4C3=O)o2)c1. The number of aromatic nitrogens is 2. The van der Waals surface area contributed by atoms with E-state index >= 15 is 0 Å². The Morgan fingerprint density at radius 3 is 2.17 bits per heavy atom. The molecule has 4 rings (SSSR count). The number of benzene rings is 2. The Kier molecular flexibility index (Phi) is 4.88. The number of rotatable bonds is 6. The van der Waals surface area contributed by atoms with Crippen LogP contribution in [0.2, 0.25) is 0 Å². The quantitative estimate of drug-likeness (QED) is 0.614. The van der Waals surface area contributed by atoms with Gasteiger partial charge in [0.25, 0.3) is 11.8 Å². The van der Waals surface area contributed by atoms with E-state index in [2.05, 4.69) is 15.5 Å². The second-order valence-corrected chi connectivity index (χ2v) is 6.30. The standard InChI is InChI=1S/C20H16N4O6/c1-28-12-7-11(8-13(9-12)29-2)17-22-23-20(30-17)21-16(25)10-24-18(26)14-5-3-4-6-15(14)19(24)27/h3-9H,10H2,1-2H3,(H,21,23,25). The molecule has 3 amide bonds. The molecule has 0 bridgehead atoms. The summed E-state index contributed by atoms with van der Waals surface area (Å²) < 4.78 is 15.9. The predicted octanol–water partition coefficient (Wildman–Crippen LogP) is 1.99. The van der Waals surface area contributed by atoms with Gasteiger partial charge in [0, 0.05) is 11.6 Å². The average molecular weight is 408 g/mol. The second-order valence-electron chi connectivity index (χ2n) is 6.30. The zero-order chi connectivity index (χ0) is 21.3. The number of anilines is 1. The van der Waals surface area contributed by atoms with E-state index in [4.69, 9.17) is 13.9 Å². The van der Waals surface area contributed by atoms with Crippen LogP contribution in [-0.4, -0.2) is 53.6 Å². The zero-order valence-electron chi connectivity index (χ0n) is 16.0. The van der Waals surface area contributed by atoms with Crippen LogP contribution in [0.5, 0.6) is 11.5 Å². The Hall–Kier alpha value is -4.21. The van der Waals surface area contributed by atoms with Crippen molar-refractivity contribution >= 4 is 23.7 Å². The van der Waals surface area contributed by atoms with Crippen LogP contribution in [0, 0.1) is 0 Å². The fourth-order valence-corrected chi connectivity index (χ4v) is 3.01. The van der Waals surface area contributed by atoms with Gasteiger partial charge in [0.2, 0.25) is 11.8 Å². The van der Waals surface area contributed by atoms with Gasteiger partial charge in [0.15, 0.2) is 0 Å². The maximum atomic E-state index is 12.4. The predicted molar refractivity (Wildman–Crippen MR) is 103 cm³/mol. The van der Waals surface area contributed by atoms with Crippen molar-refractivity contribution in [3.63, 3.8) is 0 Å². The van der Waals surface area contributed by atoms with Gasteiger partial charge >= 0.3 is 6.01 Å². The van der Waals surface area contributed by atoms with Crippen LogP contribution in [-0.2, 0) is 4.79 Å². The summed E-state index contributed by atoms with van der Waals surface area (Å²) in [7, 11) is 3.02. The molecule has 0 spiro atoms. The first kappa shape index (κ1) is 19.1. The number of hydrogen-bond donors (Lipinski definition) is 1. The van der Waals surface area contributed by atoms with E-state index in [0.29, 0.717) is 17.1 Å². The van der Waals surface area contributed by atoms with Gasteiger partial charge in [0.1, 0.15) is 18.0 Å². The Labute approximate surface area is 170 Å². The highest BCUT2D eigenvalue weighted by Crippen LogP contribution is 2.29. The molecule has 30 heavy (non-hydrogen) atoms. The van der Waals surface area contributed by atoms with E-state index < -0.39 is 24.3 Å². The monoisotopic (exact) mass is 408 g/mol. The summed E-state index contributed by atoms with van der Waals surface area (Å²) in [6.45, 7) is -0.475. The lowest BCUT2D eigenvalue weighted by Gasteiger charge is -2.12. The minimum atomic E-state index is -0.650. The Morgan fingerprint density at radius 1 is 1.00 bits per heavy atom. The van der Waals surface area contributed by atoms with Crippen LogP contribution in [0.25, 0.3) is 11.5 Å². The number of carbonyl (C=O) groups excluding carboxylic acids is 3. The van der Waals surface area contributed by atoms with Crippen molar-refractivity contribution in [2.24, 2.45) is 0 Å². The molecule has 1 N–H and O–H groups in total. The summed E-state index contributed by atoms with van der Waals surface area (Å²) in [5.41, 5.74) is 1.06. The van der Waals surface area contributed by atoms with E-state index in [9.17, 15) is 14.4 Å². The molecule has 0 aliphatic carbocycles. The van der Waals surface area contributed by atoms with Crippen molar-refractivity contribution in [2.75, 3.05) is 26.1 Å². The minimum Gasteiger partial charge on any atom is -0.497 e. The molecule has 10 nitrogen and oxygen atoms in total. The van der Waals surface area contributed by atoms with Gasteiger partial charge in [-0.05, 0) is 24.3 Å². The lowest BCUT2D eigenvalue weighted by molar-refractivity contribution is -0.116. The number of nitrogens with zero attached hydrogens (tertiary/aromatic N) is 3. The van der Waals surface area contributed by atoms with Crippen LogP contribution in [0.4, 0.5) is 6.01 Å². The first-order valence-electron chi connectivity index (χ1n) is 8.82. The molecule has 1 aromatic heterocycles. The topological polar surface area (TPSA) is 124 Å². The van der Waals surface area contributed by atoms with Crippen molar-refractivity contribution in [3.8, 4) is 23.0 Å². The first-order valence-corrected chi connectivity index (χ1v) is 8.82. The van der Waals surface area contributed by atoms with Crippen molar-refractivity contribution in [1.82, 2.24) is 15.1 Å². The molecule has 1 aliphatic rings. The fourth-order valence-electron chi connectivity index (χ4n) is 3.01. The van der Waals surface area contributed by atoms with Crippen molar-refractivity contribution in [3.05, 3.63) is 53.6 Å². The van der Waals surface area contributed by atoms with E-state index in [1.165, 1.54) is 14.2 Å². The molecule has 0 saturated carbocycles. The Balaban J connectivity index is 1.47. The molecule has 1 aliphatic heterocycles. The number of ether oxygens (including phenoxy) is 2. The number of amides is 3. The van der Waals surface area contributed by atoms with Gasteiger partial charge in [-0.3, -0.25) is 24.6 Å². The van der Waals surface area contributed by atoms with Crippen LogP contribution in [0.1, 0.15) is 20.7 Å². The number of methoxy groups -OCH3 is 2. The summed E-state index contributed by atoms with van der Waals surface area (Å²) >= 11 is 0. The van der Waals surface area contributed by atoms with Crippen LogP contribution in [0.3, 0.4) is 0 Å². The van der Waals surface area contributed by atoms with Crippen LogP contribution < -0.4 is 14.8 Å². The van der Waals surface area contributed by atoms with Gasteiger partial charge in [-0.2, -0.15) is 0 Å². The Bertz CT molecular complexity index is 1100. The van der Waals surface area contributed by atoms with Crippen LogP contribution >= 0.6 is 0 Å². The third-order valence-corrected chi connectivity index (χ3v) is 4.45. The molecule has 0 fully saturated rings. The third-order valence-electron chi connectivity index (χ3n) is 4.45. The molecule has 2 heterocycles. The fraction of sp³-hybridized carbons (Fsp3) is 0.150. The molecular weight excluding hydrogens is 392 g/mol. The van der Waals surface area contributed by atoms with Crippen molar-refractivity contribution in [2.45, 2.75) is 0 Å². The number of carbonyl (C=O) groups is 3. The molecule has 10 heteroatoms. The minimum absolute atomic E-state index is 0.128. The molecule has 3 aromatic rings. The molecule has 0 radical (unpaired) electrons. The highest BCUT2D eigenvalue weighted by molar-refractivity contribution is 6.22.